The lowest BCUT2D eigenvalue weighted by atomic mass is 10.2. The molecule has 0 aliphatic carbocycles. The molecule has 1 aromatic heterocycles. The number of hydrogen-bond donors (Lipinski definition) is 1. The third-order valence-electron chi connectivity index (χ3n) is 5.43. The van der Waals surface area contributed by atoms with E-state index in [-0.39, 0.29) is 11.8 Å². The van der Waals surface area contributed by atoms with Crippen molar-refractivity contribution in [2.45, 2.75) is 26.6 Å². The number of carbonyl (C=O) groups is 1. The van der Waals surface area contributed by atoms with Crippen molar-refractivity contribution >= 4 is 11.7 Å². The van der Waals surface area contributed by atoms with E-state index >= 15 is 0 Å². The van der Waals surface area contributed by atoms with Crippen molar-refractivity contribution in [2.24, 2.45) is 0 Å². The van der Waals surface area contributed by atoms with Gasteiger partial charge in [0.2, 0.25) is 0 Å². The number of para-hydroxylation sites is 1. The van der Waals surface area contributed by atoms with Crippen molar-refractivity contribution < 1.29 is 9.18 Å². The van der Waals surface area contributed by atoms with E-state index in [9.17, 15) is 9.18 Å². The van der Waals surface area contributed by atoms with E-state index in [1.54, 1.807) is 17.0 Å². The molecule has 4 rings (SSSR count). The highest BCUT2D eigenvalue weighted by molar-refractivity contribution is 5.90. The first kappa shape index (κ1) is 21.4. The Morgan fingerprint density at radius 2 is 1.56 bits per heavy atom. The van der Waals surface area contributed by atoms with Gasteiger partial charge in [0, 0.05) is 30.7 Å². The average Bonchev–Trinajstić information content (AvgIpc) is 3.23. The van der Waals surface area contributed by atoms with E-state index in [1.807, 2.05) is 79.9 Å². The van der Waals surface area contributed by atoms with Crippen LogP contribution in [0.1, 0.15) is 22.4 Å². The van der Waals surface area contributed by atoms with E-state index in [0.29, 0.717) is 19.6 Å². The fourth-order valence-electron chi connectivity index (χ4n) is 3.64. The molecule has 0 atom stereocenters. The van der Waals surface area contributed by atoms with E-state index in [4.69, 9.17) is 0 Å². The maximum Gasteiger partial charge on any atom is 0.322 e. The van der Waals surface area contributed by atoms with Gasteiger partial charge in [-0.25, -0.2) is 9.18 Å². The number of nitrogens with zero attached hydrogens (tertiary/aromatic N) is 2. The molecule has 0 saturated heterocycles. The Hall–Kier alpha value is -3.86. The van der Waals surface area contributed by atoms with Crippen LogP contribution in [-0.4, -0.2) is 15.5 Å². The smallest absolute Gasteiger partial charge is 0.322 e. The number of hydrogen-bond acceptors (Lipinski definition) is 1. The minimum absolute atomic E-state index is 0.155. The Balaban J connectivity index is 1.55. The summed E-state index contributed by atoms with van der Waals surface area (Å²) < 4.78 is 15.4. The standard InChI is InChI=1S/C27H26FN3O/c1-21-8-5-6-12-26(21)29-27(32)31(19-22-9-3-2-4-10-22)20-25-11-7-17-30(25)18-23-13-15-24(28)16-14-23/h2-17H,18-20H2,1H3,(H,29,32). The Labute approximate surface area is 187 Å². The minimum Gasteiger partial charge on any atom is -0.345 e. The van der Waals surface area contributed by atoms with Crippen LogP contribution in [0, 0.1) is 12.7 Å². The van der Waals surface area contributed by atoms with Gasteiger partial charge < -0.3 is 14.8 Å². The highest BCUT2D eigenvalue weighted by atomic mass is 19.1. The number of amides is 2. The SMILES string of the molecule is Cc1ccccc1NC(=O)N(Cc1ccccc1)Cc1cccn1Cc1ccc(F)cc1. The van der Waals surface area contributed by atoms with Crippen LogP contribution < -0.4 is 5.32 Å². The van der Waals surface area contributed by atoms with Gasteiger partial charge in [-0.05, 0) is 53.9 Å². The summed E-state index contributed by atoms with van der Waals surface area (Å²) in [6.45, 7) is 3.52. The predicted octanol–water partition coefficient (Wildman–Crippen LogP) is 6.22. The van der Waals surface area contributed by atoms with Crippen LogP contribution >= 0.6 is 0 Å². The van der Waals surface area contributed by atoms with Crippen LogP contribution in [0.25, 0.3) is 0 Å². The summed E-state index contributed by atoms with van der Waals surface area (Å²) in [5.41, 5.74) is 4.88. The van der Waals surface area contributed by atoms with E-state index in [1.165, 1.54) is 12.1 Å². The van der Waals surface area contributed by atoms with Gasteiger partial charge in [-0.3, -0.25) is 0 Å². The summed E-state index contributed by atoms with van der Waals surface area (Å²) in [4.78, 5) is 15.1. The van der Waals surface area contributed by atoms with Crippen LogP contribution in [0.2, 0.25) is 0 Å². The summed E-state index contributed by atoms with van der Waals surface area (Å²) in [5, 5.41) is 3.05. The second kappa shape index (κ2) is 9.96. The van der Waals surface area contributed by atoms with Crippen molar-refractivity contribution in [3.8, 4) is 0 Å². The van der Waals surface area contributed by atoms with E-state index < -0.39 is 0 Å². The number of urea groups is 1. The monoisotopic (exact) mass is 427 g/mol. The van der Waals surface area contributed by atoms with Gasteiger partial charge in [0.25, 0.3) is 0 Å². The van der Waals surface area contributed by atoms with Crippen molar-refractivity contribution in [1.82, 2.24) is 9.47 Å². The number of nitrogens with one attached hydrogen (secondary N) is 1. The number of anilines is 1. The van der Waals surface area contributed by atoms with Crippen LogP contribution in [0.3, 0.4) is 0 Å². The minimum atomic E-state index is -0.247. The Kier molecular flexibility index (Phi) is 6.66. The second-order valence-electron chi connectivity index (χ2n) is 7.84. The molecule has 0 bridgehead atoms. The lowest BCUT2D eigenvalue weighted by Crippen LogP contribution is -2.35. The zero-order valence-corrected chi connectivity index (χ0v) is 18.0. The van der Waals surface area contributed by atoms with Gasteiger partial charge in [-0.2, -0.15) is 0 Å². The summed E-state index contributed by atoms with van der Waals surface area (Å²) in [5.74, 6) is -0.247. The number of carbonyl (C=O) groups excluding carboxylic acids is 1. The lowest BCUT2D eigenvalue weighted by molar-refractivity contribution is 0.205. The molecular formula is C27H26FN3O. The molecule has 4 nitrogen and oxygen atoms in total. The van der Waals surface area contributed by atoms with E-state index in [2.05, 4.69) is 9.88 Å². The highest BCUT2D eigenvalue weighted by Gasteiger charge is 2.17. The number of aryl methyl sites for hydroxylation is 1. The molecule has 0 fully saturated rings. The highest BCUT2D eigenvalue weighted by Crippen LogP contribution is 2.18. The molecule has 162 valence electrons. The van der Waals surface area contributed by atoms with Crippen molar-refractivity contribution in [3.63, 3.8) is 0 Å². The normalized spacial score (nSPS) is 10.7. The zero-order valence-electron chi connectivity index (χ0n) is 18.0. The first-order chi connectivity index (χ1) is 15.6. The van der Waals surface area contributed by atoms with Crippen molar-refractivity contribution in [1.29, 1.82) is 0 Å². The van der Waals surface area contributed by atoms with Gasteiger partial charge in [0.1, 0.15) is 5.82 Å². The number of aromatic nitrogens is 1. The molecule has 0 aliphatic rings. The summed E-state index contributed by atoms with van der Waals surface area (Å²) >= 11 is 0. The average molecular weight is 428 g/mol. The molecule has 32 heavy (non-hydrogen) atoms. The third-order valence-corrected chi connectivity index (χ3v) is 5.43. The first-order valence-corrected chi connectivity index (χ1v) is 10.6. The predicted molar refractivity (Wildman–Crippen MR) is 126 cm³/mol. The van der Waals surface area contributed by atoms with Crippen molar-refractivity contribution in [2.75, 3.05) is 5.32 Å². The van der Waals surface area contributed by atoms with Gasteiger partial charge >= 0.3 is 6.03 Å². The molecule has 1 heterocycles. The maximum atomic E-state index is 13.3. The molecule has 1 N–H and O–H groups in total. The molecule has 0 unspecified atom stereocenters. The Morgan fingerprint density at radius 3 is 2.31 bits per heavy atom. The second-order valence-corrected chi connectivity index (χ2v) is 7.84. The first-order valence-electron chi connectivity index (χ1n) is 10.6. The number of rotatable bonds is 7. The Bertz CT molecular complexity index is 1170. The molecule has 0 saturated carbocycles. The molecule has 4 aromatic rings. The van der Waals surface area contributed by atoms with E-state index in [0.717, 1.165) is 28.1 Å². The fraction of sp³-hybridized carbons (Fsp3) is 0.148. The lowest BCUT2D eigenvalue weighted by Gasteiger charge is -2.25. The molecule has 3 aromatic carbocycles. The summed E-state index contributed by atoms with van der Waals surface area (Å²) in [7, 11) is 0. The molecule has 2 amide bonds. The maximum absolute atomic E-state index is 13.3. The van der Waals surface area contributed by atoms with Crippen molar-refractivity contribution in [3.05, 3.63) is 125 Å². The largest absolute Gasteiger partial charge is 0.345 e. The van der Waals surface area contributed by atoms with Crippen LogP contribution in [0.15, 0.2) is 97.2 Å². The van der Waals surface area contributed by atoms with Gasteiger partial charge in [0.15, 0.2) is 0 Å². The number of halogens is 1. The van der Waals surface area contributed by atoms with Gasteiger partial charge in [-0.15, -0.1) is 0 Å². The molecule has 0 spiro atoms. The third kappa shape index (κ3) is 5.43. The quantitative estimate of drug-likeness (QED) is 0.374. The number of benzene rings is 3. The molecule has 0 radical (unpaired) electrons. The Morgan fingerprint density at radius 1 is 0.844 bits per heavy atom. The molecule has 5 heteroatoms. The molecule has 0 aliphatic heterocycles. The van der Waals surface area contributed by atoms with Gasteiger partial charge in [-0.1, -0.05) is 60.7 Å². The molecular weight excluding hydrogens is 401 g/mol. The van der Waals surface area contributed by atoms with Gasteiger partial charge in [0.05, 0.1) is 6.54 Å². The van der Waals surface area contributed by atoms with Crippen LogP contribution in [0.5, 0.6) is 0 Å². The topological polar surface area (TPSA) is 37.3 Å². The van der Waals surface area contributed by atoms with Crippen LogP contribution in [-0.2, 0) is 19.6 Å². The van der Waals surface area contributed by atoms with Crippen LogP contribution in [0.4, 0.5) is 14.9 Å². The summed E-state index contributed by atoms with van der Waals surface area (Å²) in [6, 6.07) is 28.0. The fourth-order valence-corrected chi connectivity index (χ4v) is 3.64. The summed E-state index contributed by atoms with van der Waals surface area (Å²) in [6.07, 6.45) is 1.98. The zero-order chi connectivity index (χ0) is 22.3.